The van der Waals surface area contributed by atoms with Crippen molar-refractivity contribution in [2.24, 2.45) is 0 Å². The summed E-state index contributed by atoms with van der Waals surface area (Å²) in [5.41, 5.74) is 0.771. The maximum Gasteiger partial charge on any atom is 0.225 e. The molecule has 1 amide bonds. The van der Waals surface area contributed by atoms with Crippen LogP contribution in [0.5, 0.6) is 0 Å². The molecule has 8 heteroatoms. The van der Waals surface area contributed by atoms with Gasteiger partial charge in [0.15, 0.2) is 5.82 Å². The molecule has 1 aliphatic carbocycles. The van der Waals surface area contributed by atoms with E-state index in [-0.39, 0.29) is 11.6 Å². The van der Waals surface area contributed by atoms with E-state index in [0.29, 0.717) is 30.4 Å². The van der Waals surface area contributed by atoms with Crippen molar-refractivity contribution < 1.29 is 9.18 Å². The number of carbonyl (C=O) groups is 1. The summed E-state index contributed by atoms with van der Waals surface area (Å²) in [6.45, 7) is 0.582. The number of amides is 1. The molecule has 2 N–H and O–H groups in total. The van der Waals surface area contributed by atoms with Gasteiger partial charge in [0.05, 0.1) is 0 Å². The van der Waals surface area contributed by atoms with Gasteiger partial charge < -0.3 is 10.6 Å². The van der Waals surface area contributed by atoms with Gasteiger partial charge in [-0.1, -0.05) is 0 Å². The van der Waals surface area contributed by atoms with E-state index in [1.54, 1.807) is 13.1 Å². The molecule has 1 fully saturated rings. The second-order valence-corrected chi connectivity index (χ2v) is 5.29. The van der Waals surface area contributed by atoms with Crippen molar-refractivity contribution in [2.45, 2.75) is 25.2 Å². The maximum atomic E-state index is 14.1. The fraction of sp³-hybridized carbons (Fsp3) is 0.429. The van der Waals surface area contributed by atoms with Crippen LogP contribution in [0.25, 0.3) is 5.69 Å². The van der Waals surface area contributed by atoms with Gasteiger partial charge in [0.25, 0.3) is 0 Å². The lowest BCUT2D eigenvalue weighted by molar-refractivity contribution is -0.116. The molecule has 0 unspecified atom stereocenters. The van der Waals surface area contributed by atoms with Crippen LogP contribution in [0.3, 0.4) is 0 Å². The van der Waals surface area contributed by atoms with E-state index in [4.69, 9.17) is 0 Å². The van der Waals surface area contributed by atoms with Crippen LogP contribution in [-0.2, 0) is 4.79 Å². The predicted octanol–water partition coefficient (Wildman–Crippen LogP) is 1.23. The van der Waals surface area contributed by atoms with E-state index in [2.05, 4.69) is 26.2 Å². The van der Waals surface area contributed by atoms with Crippen LogP contribution in [-0.4, -0.2) is 39.7 Å². The first-order valence-corrected chi connectivity index (χ1v) is 7.21. The van der Waals surface area contributed by atoms with E-state index >= 15 is 0 Å². The largest absolute Gasteiger partial charge is 0.326 e. The molecule has 0 bridgehead atoms. The maximum absolute atomic E-state index is 14.1. The lowest BCUT2D eigenvalue weighted by Gasteiger charge is -2.09. The lowest BCUT2D eigenvalue weighted by Crippen LogP contribution is -2.19. The van der Waals surface area contributed by atoms with Crippen molar-refractivity contribution in [1.82, 2.24) is 25.5 Å². The van der Waals surface area contributed by atoms with Crippen LogP contribution in [0.4, 0.5) is 10.1 Å². The molecule has 116 valence electrons. The number of halogens is 1. The Balaban J connectivity index is 1.83. The second kappa shape index (κ2) is 6.18. The van der Waals surface area contributed by atoms with Gasteiger partial charge in [-0.25, -0.2) is 4.39 Å². The molecule has 3 rings (SSSR count). The molecule has 0 aliphatic heterocycles. The van der Waals surface area contributed by atoms with Gasteiger partial charge in [-0.3, -0.25) is 4.79 Å². The summed E-state index contributed by atoms with van der Waals surface area (Å²) >= 11 is 0. The van der Waals surface area contributed by atoms with Crippen molar-refractivity contribution in [3.05, 3.63) is 29.8 Å². The number of benzene rings is 1. The SMILES string of the molecule is CNCCC(=O)Nc1ccc(F)c(-n2nnnc2C2CC2)c1. The van der Waals surface area contributed by atoms with E-state index < -0.39 is 5.82 Å². The monoisotopic (exact) mass is 304 g/mol. The van der Waals surface area contributed by atoms with Gasteiger partial charge in [-0.05, 0) is 48.5 Å². The van der Waals surface area contributed by atoms with Crippen LogP contribution < -0.4 is 10.6 Å². The van der Waals surface area contributed by atoms with Gasteiger partial charge in [-0.2, -0.15) is 4.68 Å². The van der Waals surface area contributed by atoms with E-state index in [1.807, 2.05) is 0 Å². The molecular weight excluding hydrogens is 287 g/mol. The highest BCUT2D eigenvalue weighted by atomic mass is 19.1. The smallest absolute Gasteiger partial charge is 0.225 e. The summed E-state index contributed by atoms with van der Waals surface area (Å²) in [6.07, 6.45) is 2.38. The minimum Gasteiger partial charge on any atom is -0.326 e. The molecule has 0 atom stereocenters. The summed E-state index contributed by atoms with van der Waals surface area (Å²) in [4.78, 5) is 11.7. The van der Waals surface area contributed by atoms with E-state index in [1.165, 1.54) is 16.8 Å². The minimum atomic E-state index is -0.428. The number of rotatable bonds is 6. The molecule has 0 saturated heterocycles. The molecular formula is C14H17FN6O. The first kappa shape index (κ1) is 14.6. The lowest BCUT2D eigenvalue weighted by atomic mass is 10.2. The average Bonchev–Trinajstić information content (AvgIpc) is 3.24. The normalized spacial score (nSPS) is 14.1. The Morgan fingerprint density at radius 3 is 3.00 bits per heavy atom. The van der Waals surface area contributed by atoms with Crippen molar-refractivity contribution in [2.75, 3.05) is 18.9 Å². The molecule has 1 saturated carbocycles. The van der Waals surface area contributed by atoms with Crippen molar-refractivity contribution in [3.8, 4) is 5.69 Å². The second-order valence-electron chi connectivity index (χ2n) is 5.29. The fourth-order valence-corrected chi connectivity index (χ4v) is 2.18. The van der Waals surface area contributed by atoms with Crippen molar-refractivity contribution in [3.63, 3.8) is 0 Å². The number of anilines is 1. The third-order valence-electron chi connectivity index (χ3n) is 3.50. The number of nitrogens with one attached hydrogen (secondary N) is 2. The first-order chi connectivity index (χ1) is 10.7. The number of carbonyl (C=O) groups excluding carboxylic acids is 1. The Morgan fingerprint density at radius 1 is 1.45 bits per heavy atom. The first-order valence-electron chi connectivity index (χ1n) is 7.21. The fourth-order valence-electron chi connectivity index (χ4n) is 2.18. The van der Waals surface area contributed by atoms with Crippen LogP contribution in [0.2, 0.25) is 0 Å². The molecule has 2 aromatic rings. The third-order valence-corrected chi connectivity index (χ3v) is 3.50. The molecule has 0 spiro atoms. The summed E-state index contributed by atoms with van der Waals surface area (Å²) < 4.78 is 15.5. The molecule has 1 heterocycles. The highest BCUT2D eigenvalue weighted by molar-refractivity contribution is 5.91. The van der Waals surface area contributed by atoms with Crippen LogP contribution in [0, 0.1) is 5.82 Å². The topological polar surface area (TPSA) is 84.7 Å². The number of hydrogen-bond acceptors (Lipinski definition) is 5. The van der Waals surface area contributed by atoms with E-state index in [0.717, 1.165) is 12.8 Å². The quantitative estimate of drug-likeness (QED) is 0.838. The van der Waals surface area contributed by atoms with Gasteiger partial charge in [0, 0.05) is 24.6 Å². The Bertz CT molecular complexity index is 682. The zero-order valence-corrected chi connectivity index (χ0v) is 12.2. The summed E-state index contributed by atoms with van der Waals surface area (Å²) in [7, 11) is 1.78. The van der Waals surface area contributed by atoms with E-state index in [9.17, 15) is 9.18 Å². The van der Waals surface area contributed by atoms with Gasteiger partial charge >= 0.3 is 0 Å². The standard InChI is InChI=1S/C14H17FN6O/c1-16-7-6-13(22)17-10-4-5-11(15)12(8-10)21-14(9-2-3-9)18-19-20-21/h4-5,8-9,16H,2-3,6-7H2,1H3,(H,17,22). The number of hydrogen-bond donors (Lipinski definition) is 2. The van der Waals surface area contributed by atoms with Gasteiger partial charge in [0.2, 0.25) is 5.91 Å². The zero-order valence-electron chi connectivity index (χ0n) is 12.2. The van der Waals surface area contributed by atoms with Crippen molar-refractivity contribution in [1.29, 1.82) is 0 Å². The molecule has 22 heavy (non-hydrogen) atoms. The number of tetrazole rings is 1. The molecule has 1 aromatic heterocycles. The van der Waals surface area contributed by atoms with Gasteiger partial charge in [0.1, 0.15) is 11.5 Å². The highest BCUT2D eigenvalue weighted by Gasteiger charge is 2.30. The molecule has 1 aliphatic rings. The number of aromatic nitrogens is 4. The summed E-state index contributed by atoms with van der Waals surface area (Å²) in [5, 5.41) is 17.1. The van der Waals surface area contributed by atoms with Gasteiger partial charge in [-0.15, -0.1) is 5.10 Å². The third kappa shape index (κ3) is 3.11. The Hall–Kier alpha value is -2.35. The molecule has 1 aromatic carbocycles. The van der Waals surface area contributed by atoms with Crippen LogP contribution in [0.1, 0.15) is 31.0 Å². The molecule has 7 nitrogen and oxygen atoms in total. The minimum absolute atomic E-state index is 0.133. The number of nitrogens with zero attached hydrogens (tertiary/aromatic N) is 4. The van der Waals surface area contributed by atoms with Crippen LogP contribution >= 0.6 is 0 Å². The Morgan fingerprint density at radius 2 is 2.27 bits per heavy atom. The predicted molar refractivity (Wildman–Crippen MR) is 78.3 cm³/mol. The summed E-state index contributed by atoms with van der Waals surface area (Å²) in [5.74, 6) is 0.397. The Kier molecular flexibility index (Phi) is 4.10. The molecule has 0 radical (unpaired) electrons. The zero-order chi connectivity index (χ0) is 15.5. The highest BCUT2D eigenvalue weighted by Crippen LogP contribution is 2.39. The van der Waals surface area contributed by atoms with Crippen molar-refractivity contribution >= 4 is 11.6 Å². The summed E-state index contributed by atoms with van der Waals surface area (Å²) in [6, 6.07) is 4.38. The average molecular weight is 304 g/mol. The Labute approximate surface area is 126 Å². The van der Waals surface area contributed by atoms with Crippen LogP contribution in [0.15, 0.2) is 18.2 Å².